The lowest BCUT2D eigenvalue weighted by atomic mass is 10.1. The standard InChI is InChI=1S/C7H11I/c1-7(8)3-5-2-6(5)4-7/h5-6H,2-4H2,1H3/t5-,6+,7?. The third-order valence-corrected chi connectivity index (χ3v) is 3.33. The van der Waals surface area contributed by atoms with E-state index >= 15 is 0 Å². The molecule has 46 valence electrons. The number of rotatable bonds is 0. The van der Waals surface area contributed by atoms with E-state index in [1.54, 1.807) is 6.42 Å². The molecule has 0 spiro atoms. The smallest absolute Gasteiger partial charge is 0.0199 e. The van der Waals surface area contributed by atoms with E-state index in [2.05, 4.69) is 29.5 Å². The molecule has 1 heteroatoms. The Morgan fingerprint density at radius 1 is 1.38 bits per heavy atom. The Morgan fingerprint density at radius 2 is 1.88 bits per heavy atom. The molecule has 0 nitrogen and oxygen atoms in total. The molecule has 0 saturated heterocycles. The number of fused-ring (bicyclic) bond motifs is 1. The number of hydrogen-bond donors (Lipinski definition) is 0. The highest BCUT2D eigenvalue weighted by Gasteiger charge is 2.50. The van der Waals surface area contributed by atoms with Crippen LogP contribution in [0.5, 0.6) is 0 Å². The van der Waals surface area contributed by atoms with Crippen LogP contribution in [0.1, 0.15) is 26.2 Å². The van der Waals surface area contributed by atoms with Crippen molar-refractivity contribution in [1.29, 1.82) is 0 Å². The fourth-order valence-electron chi connectivity index (χ4n) is 1.99. The second kappa shape index (κ2) is 1.41. The minimum Gasteiger partial charge on any atom is -0.0792 e. The third-order valence-electron chi connectivity index (χ3n) is 2.44. The van der Waals surface area contributed by atoms with Crippen molar-refractivity contribution in [3.63, 3.8) is 0 Å². The molecule has 0 aromatic heterocycles. The number of halogens is 1. The molecule has 0 N–H and O–H groups in total. The summed E-state index contributed by atoms with van der Waals surface area (Å²) in [5.74, 6) is 2.30. The molecule has 8 heavy (non-hydrogen) atoms. The molecule has 0 aromatic rings. The summed E-state index contributed by atoms with van der Waals surface area (Å²) in [4.78, 5) is 0. The molecule has 0 amide bonds. The van der Waals surface area contributed by atoms with Crippen molar-refractivity contribution in [2.75, 3.05) is 0 Å². The summed E-state index contributed by atoms with van der Waals surface area (Å²) in [6.07, 6.45) is 4.55. The van der Waals surface area contributed by atoms with E-state index in [1.165, 1.54) is 12.8 Å². The molecule has 2 saturated carbocycles. The number of alkyl halides is 1. The first-order valence-electron chi connectivity index (χ1n) is 3.36. The average Bonchev–Trinajstić information content (AvgIpc) is 2.11. The summed E-state index contributed by atoms with van der Waals surface area (Å²) in [7, 11) is 0. The lowest BCUT2D eigenvalue weighted by Crippen LogP contribution is -2.10. The van der Waals surface area contributed by atoms with Crippen molar-refractivity contribution in [2.45, 2.75) is 29.6 Å². The summed E-state index contributed by atoms with van der Waals surface area (Å²) in [6.45, 7) is 2.39. The van der Waals surface area contributed by atoms with E-state index in [4.69, 9.17) is 0 Å². The number of hydrogen-bond acceptors (Lipinski definition) is 0. The molecule has 2 aliphatic rings. The topological polar surface area (TPSA) is 0 Å². The van der Waals surface area contributed by atoms with Crippen molar-refractivity contribution in [1.82, 2.24) is 0 Å². The summed E-state index contributed by atoms with van der Waals surface area (Å²) >= 11 is 2.61. The molecule has 0 heterocycles. The Labute approximate surface area is 64.2 Å². The molecular weight excluding hydrogens is 211 g/mol. The zero-order valence-electron chi connectivity index (χ0n) is 5.15. The predicted molar refractivity (Wildman–Crippen MR) is 43.3 cm³/mol. The lowest BCUT2D eigenvalue weighted by Gasteiger charge is -2.15. The van der Waals surface area contributed by atoms with Crippen molar-refractivity contribution < 1.29 is 0 Å². The van der Waals surface area contributed by atoms with Gasteiger partial charge in [-0.3, -0.25) is 0 Å². The van der Waals surface area contributed by atoms with Gasteiger partial charge in [0, 0.05) is 3.42 Å². The van der Waals surface area contributed by atoms with Gasteiger partial charge in [-0.1, -0.05) is 29.5 Å². The average molecular weight is 222 g/mol. The van der Waals surface area contributed by atoms with Gasteiger partial charge < -0.3 is 0 Å². The normalized spacial score (nSPS) is 60.8. The monoisotopic (exact) mass is 222 g/mol. The van der Waals surface area contributed by atoms with Gasteiger partial charge in [0.2, 0.25) is 0 Å². The molecular formula is C7H11I. The minimum atomic E-state index is 0.686. The second-order valence-corrected chi connectivity index (χ2v) is 6.18. The summed E-state index contributed by atoms with van der Waals surface area (Å²) < 4.78 is 0.686. The zero-order valence-corrected chi connectivity index (χ0v) is 7.31. The quantitative estimate of drug-likeness (QED) is 0.436. The van der Waals surface area contributed by atoms with Gasteiger partial charge in [-0.15, -0.1) is 0 Å². The van der Waals surface area contributed by atoms with Gasteiger partial charge in [0.25, 0.3) is 0 Å². The maximum Gasteiger partial charge on any atom is 0.0199 e. The van der Waals surface area contributed by atoms with Gasteiger partial charge >= 0.3 is 0 Å². The summed E-state index contributed by atoms with van der Waals surface area (Å²) in [5.41, 5.74) is 0. The van der Waals surface area contributed by atoms with E-state index in [9.17, 15) is 0 Å². The zero-order chi connectivity index (χ0) is 5.78. The molecule has 1 unspecified atom stereocenters. The van der Waals surface area contributed by atoms with E-state index in [0.717, 1.165) is 11.8 Å². The van der Waals surface area contributed by atoms with Crippen molar-refractivity contribution in [3.8, 4) is 0 Å². The van der Waals surface area contributed by atoms with Crippen LogP contribution < -0.4 is 0 Å². The van der Waals surface area contributed by atoms with Crippen molar-refractivity contribution >= 4 is 22.6 Å². The first-order chi connectivity index (χ1) is 3.67. The SMILES string of the molecule is CC1(I)C[C@H]2C[C@H]2C1. The molecule has 0 aliphatic heterocycles. The van der Waals surface area contributed by atoms with Crippen molar-refractivity contribution in [2.24, 2.45) is 11.8 Å². The van der Waals surface area contributed by atoms with Crippen LogP contribution in [0.25, 0.3) is 0 Å². The van der Waals surface area contributed by atoms with E-state index in [-0.39, 0.29) is 0 Å². The van der Waals surface area contributed by atoms with Crippen LogP contribution in [0.15, 0.2) is 0 Å². The highest BCUT2D eigenvalue weighted by molar-refractivity contribution is 14.1. The van der Waals surface area contributed by atoms with Crippen LogP contribution in [0.2, 0.25) is 0 Å². The van der Waals surface area contributed by atoms with Crippen LogP contribution in [-0.4, -0.2) is 3.42 Å². The van der Waals surface area contributed by atoms with Crippen LogP contribution in [0, 0.1) is 11.8 Å². The van der Waals surface area contributed by atoms with E-state index < -0.39 is 0 Å². The minimum absolute atomic E-state index is 0.686. The maximum absolute atomic E-state index is 2.61. The third kappa shape index (κ3) is 0.789. The molecule has 0 bridgehead atoms. The second-order valence-electron chi connectivity index (χ2n) is 3.58. The van der Waals surface area contributed by atoms with Gasteiger partial charge in [-0.05, 0) is 31.1 Å². The first kappa shape index (κ1) is 5.51. The Kier molecular flexibility index (Phi) is 0.975. The largest absolute Gasteiger partial charge is 0.0792 e. The summed E-state index contributed by atoms with van der Waals surface area (Å²) in [5, 5.41) is 0. The van der Waals surface area contributed by atoms with Crippen molar-refractivity contribution in [3.05, 3.63) is 0 Å². The Hall–Kier alpha value is 0.730. The first-order valence-corrected chi connectivity index (χ1v) is 4.44. The van der Waals surface area contributed by atoms with Gasteiger partial charge in [-0.25, -0.2) is 0 Å². The highest BCUT2D eigenvalue weighted by atomic mass is 127. The van der Waals surface area contributed by atoms with Crippen LogP contribution >= 0.6 is 22.6 Å². The fourth-order valence-corrected chi connectivity index (χ4v) is 3.12. The van der Waals surface area contributed by atoms with Gasteiger partial charge in [0.1, 0.15) is 0 Å². The molecule has 0 aromatic carbocycles. The highest BCUT2D eigenvalue weighted by Crippen LogP contribution is 2.58. The lowest BCUT2D eigenvalue weighted by molar-refractivity contribution is 0.615. The predicted octanol–water partition coefficient (Wildman–Crippen LogP) is 2.61. The van der Waals surface area contributed by atoms with Crippen LogP contribution in [0.3, 0.4) is 0 Å². The van der Waals surface area contributed by atoms with E-state index in [1.807, 2.05) is 0 Å². The van der Waals surface area contributed by atoms with Crippen LogP contribution in [-0.2, 0) is 0 Å². The Bertz CT molecular complexity index is 106. The Balaban J connectivity index is 2.08. The maximum atomic E-state index is 2.61. The Morgan fingerprint density at radius 3 is 2.12 bits per heavy atom. The molecule has 0 radical (unpaired) electrons. The van der Waals surface area contributed by atoms with Gasteiger partial charge in [0.15, 0.2) is 0 Å². The molecule has 2 rings (SSSR count). The van der Waals surface area contributed by atoms with E-state index in [0.29, 0.717) is 3.42 Å². The van der Waals surface area contributed by atoms with Gasteiger partial charge in [-0.2, -0.15) is 0 Å². The summed E-state index contributed by atoms with van der Waals surface area (Å²) in [6, 6.07) is 0. The van der Waals surface area contributed by atoms with Crippen LogP contribution in [0.4, 0.5) is 0 Å². The fraction of sp³-hybridized carbons (Fsp3) is 1.00. The molecule has 3 atom stereocenters. The molecule has 2 fully saturated rings. The van der Waals surface area contributed by atoms with Gasteiger partial charge in [0.05, 0.1) is 0 Å². The molecule has 2 aliphatic carbocycles.